The molecule has 6 nitrogen and oxygen atoms in total. The van der Waals surface area contributed by atoms with Gasteiger partial charge in [0.15, 0.2) is 5.82 Å². The third kappa shape index (κ3) is 4.50. The number of carbonyl (C=O) groups excluding carboxylic acids is 1. The van der Waals surface area contributed by atoms with E-state index in [2.05, 4.69) is 67.6 Å². The molecule has 0 bridgehead atoms. The summed E-state index contributed by atoms with van der Waals surface area (Å²) in [7, 11) is 2.03. The van der Waals surface area contributed by atoms with Gasteiger partial charge in [0.2, 0.25) is 0 Å². The molecule has 1 aromatic heterocycles. The first-order valence-electron chi connectivity index (χ1n) is 12.1. The number of hydrogen-bond acceptors (Lipinski definition) is 4. The second kappa shape index (κ2) is 9.53. The molecule has 0 radical (unpaired) electrons. The van der Waals surface area contributed by atoms with Crippen LogP contribution < -0.4 is 4.74 Å². The summed E-state index contributed by atoms with van der Waals surface area (Å²) >= 11 is 3.52. The Balaban J connectivity index is 1.19. The third-order valence-corrected chi connectivity index (χ3v) is 7.79. The zero-order valence-electron chi connectivity index (χ0n) is 20.0. The SMILES string of the molecule is CC(C)c1cccc(OCc2nnc([C@H]3CC[C@H](N4Cc5cc(Br)ccc5C4=O)CC3)n2C)c1. The van der Waals surface area contributed by atoms with Gasteiger partial charge in [0.25, 0.3) is 5.91 Å². The third-order valence-electron chi connectivity index (χ3n) is 7.29. The standard InChI is InChI=1S/C27H31BrN4O2/c1-17(2)19-5-4-6-23(14-19)34-16-25-29-30-26(31(25)3)18-7-10-22(11-8-18)32-15-20-13-21(28)9-12-24(20)27(32)33/h4-6,9,12-14,17-18,22H,7-8,10-11,15-16H2,1-3H3/t18-,22-. The average Bonchev–Trinajstić information content (AvgIpc) is 3.37. The van der Waals surface area contributed by atoms with E-state index in [-0.39, 0.29) is 5.91 Å². The van der Waals surface area contributed by atoms with Crippen molar-refractivity contribution in [3.05, 3.63) is 75.3 Å². The van der Waals surface area contributed by atoms with E-state index >= 15 is 0 Å². The normalized spacial score (nSPS) is 20.1. The van der Waals surface area contributed by atoms with Gasteiger partial charge in [-0.3, -0.25) is 4.79 Å². The van der Waals surface area contributed by atoms with E-state index in [0.29, 0.717) is 31.0 Å². The van der Waals surface area contributed by atoms with Crippen LogP contribution in [0.15, 0.2) is 46.9 Å². The van der Waals surface area contributed by atoms with Gasteiger partial charge >= 0.3 is 0 Å². The maximum absolute atomic E-state index is 12.9. The second-order valence-corrected chi connectivity index (χ2v) is 10.7. The Hall–Kier alpha value is -2.67. The molecule has 5 rings (SSSR count). The van der Waals surface area contributed by atoms with Crippen LogP contribution in [-0.4, -0.2) is 31.6 Å². The van der Waals surface area contributed by atoms with Gasteiger partial charge in [-0.05, 0) is 73.1 Å². The summed E-state index contributed by atoms with van der Waals surface area (Å²) in [5.41, 5.74) is 3.24. The van der Waals surface area contributed by atoms with E-state index in [0.717, 1.165) is 58.7 Å². The fraction of sp³-hybridized carbons (Fsp3) is 0.444. The Morgan fingerprint density at radius 2 is 1.88 bits per heavy atom. The highest BCUT2D eigenvalue weighted by Gasteiger charge is 2.36. The summed E-state index contributed by atoms with van der Waals surface area (Å²) in [4.78, 5) is 15.0. The molecule has 2 aromatic carbocycles. The lowest BCUT2D eigenvalue weighted by atomic mass is 9.84. The minimum atomic E-state index is 0.172. The Labute approximate surface area is 209 Å². The second-order valence-electron chi connectivity index (χ2n) is 9.79. The van der Waals surface area contributed by atoms with Crippen molar-refractivity contribution >= 4 is 21.8 Å². The molecule has 0 atom stereocenters. The number of fused-ring (bicyclic) bond motifs is 1. The Bertz CT molecular complexity index is 1200. The molecular formula is C27H31BrN4O2. The summed E-state index contributed by atoms with van der Waals surface area (Å²) in [6.45, 7) is 5.48. The average molecular weight is 523 g/mol. The molecule has 0 saturated heterocycles. The van der Waals surface area contributed by atoms with Gasteiger partial charge in [0.05, 0.1) is 0 Å². The number of ether oxygens (including phenoxy) is 1. The molecule has 1 saturated carbocycles. The molecule has 7 heteroatoms. The maximum Gasteiger partial charge on any atom is 0.254 e. The molecule has 1 aliphatic carbocycles. The van der Waals surface area contributed by atoms with Crippen LogP contribution in [0.4, 0.5) is 0 Å². The van der Waals surface area contributed by atoms with Crippen LogP contribution in [0.2, 0.25) is 0 Å². The van der Waals surface area contributed by atoms with Crippen molar-refractivity contribution in [3.63, 3.8) is 0 Å². The lowest BCUT2D eigenvalue weighted by Gasteiger charge is -2.34. The van der Waals surface area contributed by atoms with Crippen molar-refractivity contribution in [2.75, 3.05) is 0 Å². The van der Waals surface area contributed by atoms with Gasteiger partial charge in [-0.25, -0.2) is 0 Å². The number of benzene rings is 2. The summed E-state index contributed by atoms with van der Waals surface area (Å²) in [6.07, 6.45) is 4.01. The first kappa shape index (κ1) is 23.1. The van der Waals surface area contributed by atoms with E-state index in [4.69, 9.17) is 4.74 Å². The molecule has 178 valence electrons. The topological polar surface area (TPSA) is 60.3 Å². The predicted octanol–water partition coefficient (Wildman–Crippen LogP) is 5.96. The lowest BCUT2D eigenvalue weighted by molar-refractivity contribution is 0.0650. The van der Waals surface area contributed by atoms with Crippen molar-refractivity contribution in [2.45, 2.75) is 70.6 Å². The highest BCUT2D eigenvalue weighted by Crippen LogP contribution is 2.37. The van der Waals surface area contributed by atoms with Crippen molar-refractivity contribution in [1.82, 2.24) is 19.7 Å². The monoisotopic (exact) mass is 522 g/mol. The molecule has 3 aromatic rings. The van der Waals surface area contributed by atoms with E-state index in [1.54, 1.807) is 0 Å². The van der Waals surface area contributed by atoms with Gasteiger partial charge in [-0.1, -0.05) is 41.9 Å². The Morgan fingerprint density at radius 3 is 2.65 bits per heavy atom. The van der Waals surface area contributed by atoms with Crippen LogP contribution in [0.1, 0.15) is 84.5 Å². The molecule has 2 aliphatic rings. The fourth-order valence-corrected chi connectivity index (χ4v) is 5.63. The fourth-order valence-electron chi connectivity index (χ4n) is 5.22. The van der Waals surface area contributed by atoms with Crippen molar-refractivity contribution < 1.29 is 9.53 Å². The molecule has 34 heavy (non-hydrogen) atoms. The van der Waals surface area contributed by atoms with E-state index in [9.17, 15) is 4.79 Å². The minimum Gasteiger partial charge on any atom is -0.486 e. The van der Waals surface area contributed by atoms with Gasteiger partial charge < -0.3 is 14.2 Å². The van der Waals surface area contributed by atoms with Gasteiger partial charge in [0, 0.05) is 35.6 Å². The van der Waals surface area contributed by atoms with Crippen LogP contribution in [0.3, 0.4) is 0 Å². The van der Waals surface area contributed by atoms with E-state index in [1.807, 2.05) is 31.3 Å². The molecule has 1 amide bonds. The van der Waals surface area contributed by atoms with Crippen LogP contribution >= 0.6 is 15.9 Å². The lowest BCUT2D eigenvalue weighted by Crippen LogP contribution is -2.38. The zero-order chi connectivity index (χ0) is 23.8. The minimum absolute atomic E-state index is 0.172. The van der Waals surface area contributed by atoms with E-state index < -0.39 is 0 Å². The largest absolute Gasteiger partial charge is 0.486 e. The van der Waals surface area contributed by atoms with Crippen LogP contribution in [0.25, 0.3) is 0 Å². The molecule has 0 spiro atoms. The quantitative estimate of drug-likeness (QED) is 0.400. The summed E-state index contributed by atoms with van der Waals surface area (Å²) in [5, 5.41) is 8.95. The smallest absolute Gasteiger partial charge is 0.254 e. The highest BCUT2D eigenvalue weighted by atomic mass is 79.9. The molecule has 2 heterocycles. The first-order valence-corrected chi connectivity index (χ1v) is 12.9. The van der Waals surface area contributed by atoms with E-state index in [1.165, 1.54) is 5.56 Å². The molecule has 1 fully saturated rings. The number of hydrogen-bond donors (Lipinski definition) is 0. The number of halogens is 1. The Kier molecular flexibility index (Phi) is 6.47. The summed E-state index contributed by atoms with van der Waals surface area (Å²) in [6, 6.07) is 14.5. The number of aromatic nitrogens is 3. The van der Waals surface area contributed by atoms with Crippen LogP contribution in [0, 0.1) is 0 Å². The number of nitrogens with zero attached hydrogens (tertiary/aromatic N) is 4. The van der Waals surface area contributed by atoms with Gasteiger partial charge in [0.1, 0.15) is 18.2 Å². The van der Waals surface area contributed by atoms with Gasteiger partial charge in [-0.15, -0.1) is 10.2 Å². The number of amides is 1. The first-order chi connectivity index (χ1) is 16.4. The molecule has 1 aliphatic heterocycles. The highest BCUT2D eigenvalue weighted by molar-refractivity contribution is 9.10. The maximum atomic E-state index is 12.9. The Morgan fingerprint density at radius 1 is 1.09 bits per heavy atom. The molecular weight excluding hydrogens is 492 g/mol. The molecule has 0 N–H and O–H groups in total. The van der Waals surface area contributed by atoms with Crippen molar-refractivity contribution in [3.8, 4) is 5.75 Å². The van der Waals surface area contributed by atoms with Crippen molar-refractivity contribution in [2.24, 2.45) is 7.05 Å². The predicted molar refractivity (Wildman–Crippen MR) is 135 cm³/mol. The number of carbonyl (C=O) groups is 1. The van der Waals surface area contributed by atoms with Crippen LogP contribution in [-0.2, 0) is 20.2 Å². The van der Waals surface area contributed by atoms with Gasteiger partial charge in [-0.2, -0.15) is 0 Å². The zero-order valence-corrected chi connectivity index (χ0v) is 21.6. The summed E-state index contributed by atoms with van der Waals surface area (Å²) < 4.78 is 9.15. The van der Waals surface area contributed by atoms with Crippen molar-refractivity contribution in [1.29, 1.82) is 0 Å². The number of rotatable bonds is 6. The summed E-state index contributed by atoms with van der Waals surface area (Å²) in [5.74, 6) is 3.72. The van der Waals surface area contributed by atoms with Crippen LogP contribution in [0.5, 0.6) is 5.75 Å². The molecule has 0 unspecified atom stereocenters.